The van der Waals surface area contributed by atoms with Crippen LogP contribution < -0.4 is 11.1 Å². The second-order valence-corrected chi connectivity index (χ2v) is 3.26. The van der Waals surface area contributed by atoms with E-state index in [1.54, 1.807) is 0 Å². The predicted molar refractivity (Wildman–Crippen MR) is 51.4 cm³/mol. The Bertz CT molecular complexity index is 135. The fourth-order valence-electron chi connectivity index (χ4n) is 1.07. The van der Waals surface area contributed by atoms with E-state index in [0.29, 0.717) is 13.0 Å². The van der Waals surface area contributed by atoms with Gasteiger partial charge in [-0.25, -0.2) is 0 Å². The van der Waals surface area contributed by atoms with Crippen LogP contribution in [0.2, 0.25) is 0 Å². The SMILES string of the molecule is NC(O)CCO.OC[C@@H]1C[C@@H](O)CN1. The molecule has 1 heterocycles. The molecule has 1 unspecified atom stereocenters. The number of rotatable bonds is 3. The van der Waals surface area contributed by atoms with Crippen molar-refractivity contribution in [2.24, 2.45) is 5.73 Å². The molecule has 86 valence electrons. The van der Waals surface area contributed by atoms with E-state index in [1.165, 1.54) is 0 Å². The van der Waals surface area contributed by atoms with E-state index in [0.717, 1.165) is 0 Å². The summed E-state index contributed by atoms with van der Waals surface area (Å²) in [6.45, 7) is 0.722. The van der Waals surface area contributed by atoms with E-state index in [9.17, 15) is 0 Å². The summed E-state index contributed by atoms with van der Waals surface area (Å²) in [5.41, 5.74) is 4.80. The quantitative estimate of drug-likeness (QED) is 0.282. The number of hydrogen-bond donors (Lipinski definition) is 6. The molecule has 0 aromatic rings. The van der Waals surface area contributed by atoms with Gasteiger partial charge in [0.05, 0.1) is 12.7 Å². The Morgan fingerprint density at radius 2 is 2.07 bits per heavy atom. The highest BCUT2D eigenvalue weighted by atomic mass is 16.3. The van der Waals surface area contributed by atoms with Crippen LogP contribution in [0.15, 0.2) is 0 Å². The molecule has 1 rings (SSSR count). The van der Waals surface area contributed by atoms with Gasteiger partial charge in [0.25, 0.3) is 0 Å². The smallest absolute Gasteiger partial charge is 0.104 e. The van der Waals surface area contributed by atoms with Crippen LogP contribution in [0.3, 0.4) is 0 Å². The van der Waals surface area contributed by atoms with Crippen LogP contribution in [0, 0.1) is 0 Å². The highest BCUT2D eigenvalue weighted by Crippen LogP contribution is 2.03. The van der Waals surface area contributed by atoms with Crippen molar-refractivity contribution in [3.63, 3.8) is 0 Å². The van der Waals surface area contributed by atoms with E-state index < -0.39 is 6.23 Å². The van der Waals surface area contributed by atoms with Gasteiger partial charge in [-0.1, -0.05) is 0 Å². The summed E-state index contributed by atoms with van der Waals surface area (Å²) in [5.74, 6) is 0. The molecule has 0 aromatic carbocycles. The molecule has 1 aliphatic heterocycles. The first-order valence-electron chi connectivity index (χ1n) is 4.67. The minimum Gasteiger partial charge on any atom is -0.396 e. The Morgan fingerprint density at radius 1 is 1.43 bits per heavy atom. The van der Waals surface area contributed by atoms with Gasteiger partial charge in [0, 0.05) is 25.6 Å². The first kappa shape index (κ1) is 13.8. The largest absolute Gasteiger partial charge is 0.396 e. The third-order valence-electron chi connectivity index (χ3n) is 1.84. The van der Waals surface area contributed by atoms with Crippen molar-refractivity contribution in [3.8, 4) is 0 Å². The van der Waals surface area contributed by atoms with Gasteiger partial charge in [-0.2, -0.15) is 0 Å². The van der Waals surface area contributed by atoms with E-state index in [1.807, 2.05) is 0 Å². The zero-order valence-corrected chi connectivity index (χ0v) is 8.13. The second-order valence-electron chi connectivity index (χ2n) is 3.26. The van der Waals surface area contributed by atoms with E-state index >= 15 is 0 Å². The summed E-state index contributed by atoms with van der Waals surface area (Å²) in [6.07, 6.45) is -0.140. The van der Waals surface area contributed by atoms with Crippen molar-refractivity contribution < 1.29 is 20.4 Å². The topological polar surface area (TPSA) is 119 Å². The molecule has 1 saturated heterocycles. The molecule has 0 radical (unpaired) electrons. The molecule has 7 N–H and O–H groups in total. The second kappa shape index (κ2) is 8.10. The van der Waals surface area contributed by atoms with Crippen LogP contribution in [0.4, 0.5) is 0 Å². The molecule has 0 aliphatic carbocycles. The normalized spacial score (nSPS) is 28.1. The zero-order chi connectivity index (χ0) is 11.0. The summed E-state index contributed by atoms with van der Waals surface area (Å²) in [4.78, 5) is 0. The zero-order valence-electron chi connectivity index (χ0n) is 8.13. The van der Waals surface area contributed by atoms with Crippen molar-refractivity contribution in [2.75, 3.05) is 19.8 Å². The summed E-state index contributed by atoms with van der Waals surface area (Å²) in [6, 6.07) is 0.130. The van der Waals surface area contributed by atoms with Gasteiger partial charge in [0.1, 0.15) is 6.23 Å². The average molecular weight is 208 g/mol. The highest BCUT2D eigenvalue weighted by molar-refractivity contribution is 4.79. The van der Waals surface area contributed by atoms with Crippen molar-refractivity contribution in [1.29, 1.82) is 0 Å². The highest BCUT2D eigenvalue weighted by Gasteiger charge is 2.20. The lowest BCUT2D eigenvalue weighted by Crippen LogP contribution is -2.24. The Hall–Kier alpha value is -0.240. The molecule has 0 amide bonds. The molecule has 0 spiro atoms. The monoisotopic (exact) mass is 208 g/mol. The number of hydrogen-bond acceptors (Lipinski definition) is 6. The number of nitrogens with one attached hydrogen (secondary N) is 1. The van der Waals surface area contributed by atoms with Gasteiger partial charge in [-0.15, -0.1) is 0 Å². The van der Waals surface area contributed by atoms with Crippen molar-refractivity contribution in [2.45, 2.75) is 31.2 Å². The maximum atomic E-state index is 8.86. The summed E-state index contributed by atoms with van der Waals surface area (Å²) in [7, 11) is 0. The van der Waals surface area contributed by atoms with Gasteiger partial charge in [-0.05, 0) is 6.42 Å². The van der Waals surface area contributed by atoms with Crippen molar-refractivity contribution >= 4 is 0 Å². The Kier molecular flexibility index (Phi) is 7.96. The molecule has 3 atom stereocenters. The molecular weight excluding hydrogens is 188 g/mol. The lowest BCUT2D eigenvalue weighted by atomic mass is 10.2. The van der Waals surface area contributed by atoms with E-state index in [2.05, 4.69) is 5.32 Å². The summed E-state index contributed by atoms with van der Waals surface area (Å²) >= 11 is 0. The minimum atomic E-state index is -0.852. The molecule has 6 heteroatoms. The minimum absolute atomic E-state index is 0.0440. The molecule has 0 aromatic heterocycles. The molecule has 6 nitrogen and oxygen atoms in total. The van der Waals surface area contributed by atoms with E-state index in [4.69, 9.17) is 26.2 Å². The standard InChI is InChI=1S/C5H11NO2.C3H9NO2/c7-3-4-1-5(8)2-6-4;4-3(6)1-2-5/h4-8H,1-3H2;3,5-6H,1-2,4H2/t4-,5+;/m0./s1. The maximum absolute atomic E-state index is 8.86. The van der Waals surface area contributed by atoms with Gasteiger partial charge < -0.3 is 31.5 Å². The van der Waals surface area contributed by atoms with Crippen LogP contribution in [-0.4, -0.2) is 58.6 Å². The van der Waals surface area contributed by atoms with Crippen LogP contribution in [0.25, 0.3) is 0 Å². The first-order chi connectivity index (χ1) is 6.60. The molecule has 1 aliphatic rings. The lowest BCUT2D eigenvalue weighted by Gasteiger charge is -2.01. The number of nitrogens with two attached hydrogens (primary N) is 1. The molecular formula is C8H20N2O4. The van der Waals surface area contributed by atoms with Crippen LogP contribution in [0.5, 0.6) is 0 Å². The Labute approximate surface area is 83.4 Å². The fraction of sp³-hybridized carbons (Fsp3) is 1.00. The third-order valence-corrected chi connectivity index (χ3v) is 1.84. The lowest BCUT2D eigenvalue weighted by molar-refractivity contribution is 0.139. The van der Waals surface area contributed by atoms with Crippen molar-refractivity contribution in [1.82, 2.24) is 5.32 Å². The Morgan fingerprint density at radius 3 is 2.21 bits per heavy atom. The average Bonchev–Trinajstić information content (AvgIpc) is 2.52. The predicted octanol–water partition coefficient (Wildman–Crippen LogP) is -2.65. The molecule has 1 fully saturated rings. The summed E-state index contributed by atoms with van der Waals surface area (Å²) in [5, 5.41) is 36.5. The van der Waals surface area contributed by atoms with Crippen LogP contribution in [0.1, 0.15) is 12.8 Å². The number of aliphatic hydroxyl groups excluding tert-OH is 4. The number of β-amino-alcohol motifs (C(OH)–C–C–N with tert-alkyl or cyclic N) is 1. The van der Waals surface area contributed by atoms with E-state index in [-0.39, 0.29) is 31.8 Å². The third kappa shape index (κ3) is 7.19. The fourth-order valence-corrected chi connectivity index (χ4v) is 1.07. The molecule has 0 saturated carbocycles. The van der Waals surface area contributed by atoms with Crippen LogP contribution >= 0.6 is 0 Å². The van der Waals surface area contributed by atoms with Gasteiger partial charge >= 0.3 is 0 Å². The molecule has 0 bridgehead atoms. The summed E-state index contributed by atoms with van der Waals surface area (Å²) < 4.78 is 0. The maximum Gasteiger partial charge on any atom is 0.104 e. The van der Waals surface area contributed by atoms with Gasteiger partial charge in [-0.3, -0.25) is 0 Å². The van der Waals surface area contributed by atoms with Crippen LogP contribution in [-0.2, 0) is 0 Å². The van der Waals surface area contributed by atoms with Gasteiger partial charge in [0.2, 0.25) is 0 Å². The number of aliphatic hydroxyl groups is 4. The molecule has 14 heavy (non-hydrogen) atoms. The Balaban J connectivity index is 0.000000255. The van der Waals surface area contributed by atoms with Gasteiger partial charge in [0.15, 0.2) is 0 Å². The first-order valence-corrected chi connectivity index (χ1v) is 4.67. The van der Waals surface area contributed by atoms with Crippen molar-refractivity contribution in [3.05, 3.63) is 0 Å².